The molecule has 2 N–H and O–H groups in total. The van der Waals surface area contributed by atoms with Crippen LogP contribution in [0.15, 0.2) is 54.9 Å². The number of benzene rings is 1. The Hall–Kier alpha value is -3.10. The van der Waals surface area contributed by atoms with Crippen molar-refractivity contribution in [2.24, 2.45) is 0 Å². The van der Waals surface area contributed by atoms with Gasteiger partial charge in [-0.2, -0.15) is 0 Å². The van der Waals surface area contributed by atoms with Crippen LogP contribution in [0.3, 0.4) is 0 Å². The number of carbonyl (C=O) groups excluding carboxylic acids is 2. The molecular formula is C25H30N4O3S. The van der Waals surface area contributed by atoms with Gasteiger partial charge in [0.05, 0.1) is 19.1 Å². The smallest absolute Gasteiger partial charge is 0.315 e. The van der Waals surface area contributed by atoms with Gasteiger partial charge in [-0.1, -0.05) is 30.3 Å². The van der Waals surface area contributed by atoms with Crippen molar-refractivity contribution >= 4 is 23.3 Å². The minimum atomic E-state index is -0.459. The van der Waals surface area contributed by atoms with Crippen molar-refractivity contribution in [1.29, 1.82) is 0 Å². The topological polar surface area (TPSA) is 75.6 Å². The van der Waals surface area contributed by atoms with Crippen LogP contribution >= 0.6 is 11.3 Å². The monoisotopic (exact) mass is 466 g/mol. The van der Waals surface area contributed by atoms with Crippen LogP contribution in [0.5, 0.6) is 0 Å². The summed E-state index contributed by atoms with van der Waals surface area (Å²) in [6, 6.07) is 12.8. The van der Waals surface area contributed by atoms with E-state index in [1.807, 2.05) is 54.9 Å². The first kappa shape index (κ1) is 23.1. The predicted octanol–water partition coefficient (Wildman–Crippen LogP) is 4.02. The molecule has 1 aromatic carbocycles. The molecule has 1 aliphatic heterocycles. The molecule has 0 aliphatic carbocycles. The van der Waals surface area contributed by atoms with Crippen molar-refractivity contribution in [2.45, 2.75) is 38.9 Å². The average molecular weight is 467 g/mol. The SMILES string of the molecule is CCOC(=O)C[C@H](NC(=O)NCc1c(-n2cccc2)sc2c1CCN(C)C2)c1ccccc1. The van der Waals surface area contributed by atoms with Gasteiger partial charge in [-0.25, -0.2) is 4.79 Å². The van der Waals surface area contributed by atoms with Crippen LogP contribution in [0.1, 0.15) is 41.0 Å². The molecule has 1 atom stereocenters. The Kier molecular flexibility index (Phi) is 7.47. The van der Waals surface area contributed by atoms with Gasteiger partial charge < -0.3 is 24.8 Å². The maximum atomic E-state index is 12.9. The lowest BCUT2D eigenvalue weighted by molar-refractivity contribution is -0.143. The van der Waals surface area contributed by atoms with Gasteiger partial charge in [0.2, 0.25) is 0 Å². The van der Waals surface area contributed by atoms with Crippen molar-refractivity contribution in [2.75, 3.05) is 20.2 Å². The molecule has 3 heterocycles. The van der Waals surface area contributed by atoms with Crippen LogP contribution in [0.25, 0.3) is 5.00 Å². The van der Waals surface area contributed by atoms with Crippen LogP contribution in [0, 0.1) is 0 Å². The molecule has 0 bridgehead atoms. The van der Waals surface area contributed by atoms with E-state index in [-0.39, 0.29) is 18.4 Å². The van der Waals surface area contributed by atoms with E-state index in [1.54, 1.807) is 18.3 Å². The van der Waals surface area contributed by atoms with Crippen LogP contribution in [0.2, 0.25) is 0 Å². The quantitative estimate of drug-likeness (QED) is 0.492. The molecule has 1 aliphatic rings. The molecule has 8 heteroatoms. The summed E-state index contributed by atoms with van der Waals surface area (Å²) in [7, 11) is 2.14. The largest absolute Gasteiger partial charge is 0.466 e. The Balaban J connectivity index is 1.49. The van der Waals surface area contributed by atoms with Crippen molar-refractivity contribution < 1.29 is 14.3 Å². The molecular weight excluding hydrogens is 436 g/mol. The Morgan fingerprint density at radius 2 is 1.91 bits per heavy atom. The van der Waals surface area contributed by atoms with Gasteiger partial charge in [-0.05, 0) is 43.7 Å². The van der Waals surface area contributed by atoms with E-state index in [0.29, 0.717) is 13.2 Å². The minimum Gasteiger partial charge on any atom is -0.466 e. The molecule has 33 heavy (non-hydrogen) atoms. The van der Waals surface area contributed by atoms with Crippen molar-refractivity contribution in [3.05, 3.63) is 76.4 Å². The number of amides is 2. The second-order valence-electron chi connectivity index (χ2n) is 8.17. The highest BCUT2D eigenvalue weighted by Crippen LogP contribution is 2.35. The summed E-state index contributed by atoms with van der Waals surface area (Å²) in [5.41, 5.74) is 3.37. The van der Waals surface area contributed by atoms with Gasteiger partial charge in [0.1, 0.15) is 5.00 Å². The highest BCUT2D eigenvalue weighted by atomic mass is 32.1. The normalized spacial score (nSPS) is 14.4. The first-order valence-corrected chi connectivity index (χ1v) is 12.1. The zero-order valence-corrected chi connectivity index (χ0v) is 19.9. The number of aromatic nitrogens is 1. The van der Waals surface area contributed by atoms with Crippen molar-refractivity contribution in [3.63, 3.8) is 0 Å². The number of likely N-dealkylation sites (N-methyl/N-ethyl adjacent to an activating group) is 1. The fraction of sp³-hybridized carbons (Fsp3) is 0.360. The summed E-state index contributed by atoms with van der Waals surface area (Å²) in [5.74, 6) is -0.336. The standard InChI is InChI=1S/C25H30N4O3S/c1-3-32-23(30)15-21(18-9-5-4-6-10-18)27-25(31)26-16-20-19-11-14-28(2)17-22(19)33-24(20)29-12-7-8-13-29/h4-10,12-13,21H,3,11,14-17H2,1-2H3,(H2,26,27,31)/t21-/m0/s1. The van der Waals surface area contributed by atoms with E-state index < -0.39 is 6.04 Å². The molecule has 2 amide bonds. The first-order valence-electron chi connectivity index (χ1n) is 11.3. The lowest BCUT2D eigenvalue weighted by Gasteiger charge is -2.23. The number of nitrogens with zero attached hydrogens (tertiary/aromatic N) is 2. The van der Waals surface area contributed by atoms with Crippen molar-refractivity contribution in [3.8, 4) is 5.00 Å². The van der Waals surface area contributed by atoms with Crippen LogP contribution < -0.4 is 10.6 Å². The van der Waals surface area contributed by atoms with E-state index in [0.717, 1.165) is 35.6 Å². The highest BCUT2D eigenvalue weighted by molar-refractivity contribution is 7.14. The number of carbonyl (C=O) groups is 2. The Morgan fingerprint density at radius 3 is 2.64 bits per heavy atom. The summed E-state index contributed by atoms with van der Waals surface area (Å²) in [5, 5.41) is 7.14. The molecule has 174 valence electrons. The number of fused-ring (bicyclic) bond motifs is 1. The third kappa shape index (κ3) is 5.64. The Labute approximate surface area is 198 Å². The molecule has 0 fully saturated rings. The van der Waals surface area contributed by atoms with Crippen LogP contribution in [-0.2, 0) is 29.0 Å². The molecule has 0 spiro atoms. The molecule has 2 aromatic heterocycles. The summed E-state index contributed by atoms with van der Waals surface area (Å²) in [4.78, 5) is 28.7. The molecule has 0 unspecified atom stereocenters. The molecule has 7 nitrogen and oxygen atoms in total. The molecule has 4 rings (SSSR count). The Morgan fingerprint density at radius 1 is 1.15 bits per heavy atom. The molecule has 0 saturated heterocycles. The second-order valence-corrected chi connectivity index (χ2v) is 9.25. The van der Waals surface area contributed by atoms with Crippen LogP contribution in [0.4, 0.5) is 4.79 Å². The number of hydrogen-bond acceptors (Lipinski definition) is 5. The fourth-order valence-electron chi connectivity index (χ4n) is 4.15. The number of nitrogens with one attached hydrogen (secondary N) is 2. The molecule has 3 aromatic rings. The highest BCUT2D eigenvalue weighted by Gasteiger charge is 2.24. The van der Waals surface area contributed by atoms with E-state index in [4.69, 9.17) is 4.74 Å². The lowest BCUT2D eigenvalue weighted by atomic mass is 10.0. The van der Waals surface area contributed by atoms with Gasteiger partial charge in [0.25, 0.3) is 0 Å². The van der Waals surface area contributed by atoms with Gasteiger partial charge in [-0.3, -0.25) is 4.79 Å². The molecule has 0 radical (unpaired) electrons. The van der Waals surface area contributed by atoms with Crippen molar-refractivity contribution in [1.82, 2.24) is 20.1 Å². The number of urea groups is 1. The maximum absolute atomic E-state index is 12.9. The summed E-state index contributed by atoms with van der Waals surface area (Å²) in [6.45, 7) is 4.44. The van der Waals surface area contributed by atoms with Gasteiger partial charge in [0, 0.05) is 42.5 Å². The number of esters is 1. The number of rotatable bonds is 8. The zero-order valence-electron chi connectivity index (χ0n) is 19.0. The van der Waals surface area contributed by atoms with E-state index >= 15 is 0 Å². The van der Waals surface area contributed by atoms with E-state index in [9.17, 15) is 9.59 Å². The first-order chi connectivity index (χ1) is 16.0. The third-order valence-electron chi connectivity index (χ3n) is 5.78. The second kappa shape index (κ2) is 10.7. The number of hydrogen-bond donors (Lipinski definition) is 2. The van der Waals surface area contributed by atoms with Gasteiger partial charge in [0.15, 0.2) is 0 Å². The van der Waals surface area contributed by atoms with E-state index in [2.05, 4.69) is 27.1 Å². The third-order valence-corrected chi connectivity index (χ3v) is 7.06. The Bertz CT molecular complexity index is 1080. The van der Waals surface area contributed by atoms with Gasteiger partial charge in [-0.15, -0.1) is 11.3 Å². The average Bonchev–Trinajstić information content (AvgIpc) is 3.45. The summed E-state index contributed by atoms with van der Waals surface area (Å²) < 4.78 is 7.22. The lowest BCUT2D eigenvalue weighted by Crippen LogP contribution is -2.39. The number of thiophene rings is 1. The zero-order chi connectivity index (χ0) is 23.2. The van der Waals surface area contributed by atoms with Gasteiger partial charge >= 0.3 is 12.0 Å². The summed E-state index contributed by atoms with van der Waals surface area (Å²) >= 11 is 1.79. The summed E-state index contributed by atoms with van der Waals surface area (Å²) in [6.07, 6.45) is 5.13. The van der Waals surface area contributed by atoms with E-state index in [1.165, 1.54) is 10.4 Å². The predicted molar refractivity (Wildman–Crippen MR) is 129 cm³/mol. The van der Waals surface area contributed by atoms with Crippen LogP contribution in [-0.4, -0.2) is 41.7 Å². The fourth-order valence-corrected chi connectivity index (χ4v) is 5.56. The number of ether oxygens (including phenoxy) is 1. The molecule has 0 saturated carbocycles. The minimum absolute atomic E-state index is 0.0834. The maximum Gasteiger partial charge on any atom is 0.315 e.